The number of carbonyl (C=O) groups excluding carboxylic acids is 1. The second-order valence-corrected chi connectivity index (χ2v) is 6.99. The fourth-order valence-corrected chi connectivity index (χ4v) is 3.05. The van der Waals surface area contributed by atoms with E-state index in [1.165, 1.54) is 17.0 Å². The van der Waals surface area contributed by atoms with Crippen LogP contribution in [0.25, 0.3) is 0 Å². The van der Waals surface area contributed by atoms with Crippen molar-refractivity contribution in [3.63, 3.8) is 0 Å². The summed E-state index contributed by atoms with van der Waals surface area (Å²) in [6.45, 7) is 4.99. The van der Waals surface area contributed by atoms with Gasteiger partial charge in [0.2, 0.25) is 0 Å². The zero-order valence-corrected chi connectivity index (χ0v) is 17.4. The number of halogens is 2. The first-order valence-corrected chi connectivity index (χ1v) is 9.60. The molecule has 1 aromatic heterocycles. The third-order valence-corrected chi connectivity index (χ3v) is 4.61. The zero-order valence-electron chi connectivity index (χ0n) is 16.6. The number of nitrogen functional groups attached to an aromatic ring is 1. The molecule has 0 saturated carbocycles. The van der Waals surface area contributed by atoms with Crippen LogP contribution in [0.15, 0.2) is 55.3 Å². The van der Waals surface area contributed by atoms with Crippen LogP contribution in [0.3, 0.4) is 0 Å². The lowest BCUT2D eigenvalue weighted by molar-refractivity contribution is -0.113. The summed E-state index contributed by atoms with van der Waals surface area (Å²) in [4.78, 5) is 14.1. The molecule has 8 nitrogen and oxygen atoms in total. The minimum Gasteiger partial charge on any atom is -0.487 e. The van der Waals surface area contributed by atoms with Gasteiger partial charge in [0, 0.05) is 17.4 Å². The number of aliphatic hydroxyl groups excluding tert-OH is 1. The monoisotopic (exact) mass is 445 g/mol. The van der Waals surface area contributed by atoms with Crippen LogP contribution in [-0.4, -0.2) is 33.9 Å². The van der Waals surface area contributed by atoms with E-state index in [1.54, 1.807) is 31.2 Å². The quantitative estimate of drug-likeness (QED) is 0.306. The molecule has 0 aliphatic carbocycles. The Labute approximate surface area is 183 Å². The van der Waals surface area contributed by atoms with E-state index in [2.05, 4.69) is 22.1 Å². The Bertz CT molecular complexity index is 1100. The van der Waals surface area contributed by atoms with Gasteiger partial charge in [0.05, 0.1) is 24.2 Å². The van der Waals surface area contributed by atoms with Crippen molar-refractivity contribution >= 4 is 46.1 Å². The number of carbonyl (C=O) groups is 1. The van der Waals surface area contributed by atoms with E-state index >= 15 is 0 Å². The summed E-state index contributed by atoms with van der Waals surface area (Å²) in [6, 6.07) is 9.70. The van der Waals surface area contributed by atoms with Crippen molar-refractivity contribution in [2.75, 3.05) is 22.6 Å². The fourth-order valence-electron chi connectivity index (χ4n) is 2.81. The molecule has 0 saturated heterocycles. The minimum atomic E-state index is -0.553. The smallest absolute Gasteiger partial charge is 0.254 e. The summed E-state index contributed by atoms with van der Waals surface area (Å²) in [5, 5.41) is 18.4. The lowest BCUT2D eigenvalue weighted by atomic mass is 10.2. The van der Waals surface area contributed by atoms with Crippen LogP contribution in [-0.2, 0) is 4.79 Å². The predicted octanol–water partition coefficient (Wildman–Crippen LogP) is 4.14. The average Bonchev–Trinajstić information content (AvgIpc) is 3.15. The molecule has 0 unspecified atom stereocenters. The van der Waals surface area contributed by atoms with Gasteiger partial charge >= 0.3 is 0 Å². The Morgan fingerprint density at radius 1 is 1.48 bits per heavy atom. The van der Waals surface area contributed by atoms with Crippen molar-refractivity contribution in [3.8, 4) is 5.75 Å². The number of hydrogen-bond donors (Lipinski definition) is 4. The molecular formula is C21H21ClFN5O3. The average molecular weight is 446 g/mol. The maximum atomic E-state index is 13.7. The number of nitrogens with one attached hydrogen (secondary N) is 2. The van der Waals surface area contributed by atoms with Crippen LogP contribution in [0.5, 0.6) is 5.75 Å². The van der Waals surface area contributed by atoms with Crippen LogP contribution in [0.1, 0.15) is 6.92 Å². The molecule has 162 valence electrons. The number of anilines is 5. The van der Waals surface area contributed by atoms with E-state index in [0.717, 1.165) is 12.3 Å². The first-order chi connectivity index (χ1) is 14.8. The summed E-state index contributed by atoms with van der Waals surface area (Å²) in [5.41, 5.74) is 7.48. The molecule has 1 heterocycles. The van der Waals surface area contributed by atoms with Gasteiger partial charge in [-0.15, -0.1) is 0 Å². The van der Waals surface area contributed by atoms with Crippen LogP contribution < -0.4 is 20.7 Å². The van der Waals surface area contributed by atoms with E-state index in [9.17, 15) is 14.3 Å². The standard InChI is InChI=1S/C21H21ClFN5O3/c1-3-19(30)28(17-7-13(24)8-18(20(17)22)31-12(2)11-29)15-6-4-5-14(9-15)26-21-16(23)10-25-27-21/h3-10,12,29H,1,11,24H2,2H3,(H2,25,26,27)/t12-/m0/s1. The van der Waals surface area contributed by atoms with Crippen LogP contribution in [0, 0.1) is 5.82 Å². The first kappa shape index (κ1) is 22.1. The SMILES string of the molecule is C=CC(=O)N(c1cccc(Nc2[nH]ncc2F)c1)c1cc(N)cc(O[C@@H](C)CO)c1Cl. The van der Waals surface area contributed by atoms with E-state index in [4.69, 9.17) is 22.1 Å². The van der Waals surface area contributed by atoms with Gasteiger partial charge < -0.3 is 20.9 Å². The van der Waals surface area contributed by atoms with Gasteiger partial charge in [-0.2, -0.15) is 5.10 Å². The number of nitrogens with zero attached hydrogens (tertiary/aromatic N) is 2. The van der Waals surface area contributed by atoms with Gasteiger partial charge in [0.25, 0.3) is 5.91 Å². The summed E-state index contributed by atoms with van der Waals surface area (Å²) in [6.07, 6.45) is 1.64. The molecule has 31 heavy (non-hydrogen) atoms. The van der Waals surface area contributed by atoms with Crippen LogP contribution >= 0.6 is 11.6 Å². The third-order valence-electron chi connectivity index (χ3n) is 4.23. The number of ether oxygens (including phenoxy) is 1. The van der Waals surface area contributed by atoms with Crippen LogP contribution in [0.4, 0.5) is 33.0 Å². The molecule has 0 spiro atoms. The molecule has 2 aromatic carbocycles. The lowest BCUT2D eigenvalue weighted by Crippen LogP contribution is -2.24. The second-order valence-electron chi connectivity index (χ2n) is 6.61. The summed E-state index contributed by atoms with van der Waals surface area (Å²) < 4.78 is 19.4. The van der Waals surface area contributed by atoms with Gasteiger partial charge in [0.15, 0.2) is 11.6 Å². The van der Waals surface area contributed by atoms with Gasteiger partial charge in [-0.05, 0) is 37.3 Å². The number of aromatic nitrogens is 2. The summed E-state index contributed by atoms with van der Waals surface area (Å²) >= 11 is 6.53. The van der Waals surface area contributed by atoms with Gasteiger partial charge in [-0.1, -0.05) is 24.2 Å². The lowest BCUT2D eigenvalue weighted by Gasteiger charge is -2.25. The Balaban J connectivity index is 2.06. The second kappa shape index (κ2) is 9.50. The zero-order chi connectivity index (χ0) is 22.5. The molecule has 10 heteroatoms. The predicted molar refractivity (Wildman–Crippen MR) is 119 cm³/mol. The molecule has 0 fully saturated rings. The Morgan fingerprint density at radius 3 is 2.90 bits per heavy atom. The fraction of sp³-hybridized carbons (Fsp3) is 0.143. The molecule has 1 atom stereocenters. The number of aromatic amines is 1. The molecule has 0 aliphatic rings. The number of H-pyrrole nitrogens is 1. The van der Waals surface area contributed by atoms with E-state index in [1.807, 2.05) is 0 Å². The Morgan fingerprint density at radius 2 is 2.26 bits per heavy atom. The van der Waals surface area contributed by atoms with Crippen molar-refractivity contribution in [1.82, 2.24) is 10.2 Å². The van der Waals surface area contributed by atoms with Crippen molar-refractivity contribution in [2.45, 2.75) is 13.0 Å². The number of aliphatic hydroxyl groups is 1. The number of amides is 1. The Kier molecular flexibility index (Phi) is 6.78. The normalized spacial score (nSPS) is 11.6. The molecule has 3 rings (SSSR count). The molecule has 3 aromatic rings. The van der Waals surface area contributed by atoms with Crippen molar-refractivity contribution in [2.24, 2.45) is 0 Å². The molecular weight excluding hydrogens is 425 g/mol. The van der Waals surface area contributed by atoms with Gasteiger partial charge in [-0.25, -0.2) is 4.39 Å². The number of rotatable bonds is 8. The highest BCUT2D eigenvalue weighted by atomic mass is 35.5. The highest BCUT2D eigenvalue weighted by Gasteiger charge is 2.23. The number of benzene rings is 2. The number of nitrogens with two attached hydrogens (primary N) is 1. The maximum absolute atomic E-state index is 13.7. The largest absolute Gasteiger partial charge is 0.487 e. The van der Waals surface area contributed by atoms with E-state index in [-0.39, 0.29) is 28.9 Å². The number of hydrogen-bond acceptors (Lipinski definition) is 6. The minimum absolute atomic E-state index is 0.0782. The van der Waals surface area contributed by atoms with Crippen molar-refractivity contribution < 1.29 is 19.0 Å². The molecule has 1 amide bonds. The highest BCUT2D eigenvalue weighted by Crippen LogP contribution is 2.41. The highest BCUT2D eigenvalue weighted by molar-refractivity contribution is 6.36. The topological polar surface area (TPSA) is 117 Å². The van der Waals surface area contributed by atoms with Crippen molar-refractivity contribution in [3.05, 3.63) is 66.1 Å². The molecule has 0 radical (unpaired) electrons. The molecule has 0 aliphatic heterocycles. The van der Waals surface area contributed by atoms with Crippen molar-refractivity contribution in [1.29, 1.82) is 0 Å². The van der Waals surface area contributed by atoms with E-state index < -0.39 is 17.8 Å². The third kappa shape index (κ3) is 4.96. The van der Waals surface area contributed by atoms with E-state index in [0.29, 0.717) is 17.1 Å². The molecule has 0 bridgehead atoms. The van der Waals surface area contributed by atoms with Gasteiger partial charge in [-0.3, -0.25) is 14.8 Å². The molecule has 5 N–H and O–H groups in total. The van der Waals surface area contributed by atoms with Crippen LogP contribution in [0.2, 0.25) is 5.02 Å². The summed E-state index contributed by atoms with van der Waals surface area (Å²) in [7, 11) is 0. The summed E-state index contributed by atoms with van der Waals surface area (Å²) in [5.74, 6) is -0.732. The first-order valence-electron chi connectivity index (χ1n) is 9.23. The maximum Gasteiger partial charge on any atom is 0.254 e. The Hall–Kier alpha value is -3.56. The van der Waals surface area contributed by atoms with Gasteiger partial charge in [0.1, 0.15) is 16.9 Å².